The van der Waals surface area contributed by atoms with Gasteiger partial charge in [-0.25, -0.2) is 4.98 Å². The molecule has 28 heavy (non-hydrogen) atoms. The van der Waals surface area contributed by atoms with E-state index in [1.807, 2.05) is 19.1 Å². The first-order valence-electron chi connectivity index (χ1n) is 8.64. The predicted octanol–water partition coefficient (Wildman–Crippen LogP) is 3.94. The molecule has 1 N–H and O–H groups in total. The van der Waals surface area contributed by atoms with E-state index in [4.69, 9.17) is 0 Å². The summed E-state index contributed by atoms with van der Waals surface area (Å²) in [6, 6.07) is 9.35. The first kappa shape index (κ1) is 19.6. The summed E-state index contributed by atoms with van der Waals surface area (Å²) in [4.78, 5) is 28.2. The maximum Gasteiger partial charge on any atom is 0.417 e. The smallest absolute Gasteiger partial charge is 0.350 e. The summed E-state index contributed by atoms with van der Waals surface area (Å²) in [5, 5.41) is 2.63. The summed E-state index contributed by atoms with van der Waals surface area (Å²) >= 11 is 0. The lowest BCUT2D eigenvalue weighted by atomic mass is 10.1. The van der Waals surface area contributed by atoms with Crippen molar-refractivity contribution in [3.63, 3.8) is 0 Å². The van der Waals surface area contributed by atoms with Crippen LogP contribution in [0.3, 0.4) is 0 Å². The SMILES string of the molecule is Cc1ccc(C(=O)CCC(=O)NCc2cn3cc(C(F)(F)F)ccc3n2)cc1. The van der Waals surface area contributed by atoms with Gasteiger partial charge in [-0.2, -0.15) is 13.2 Å². The van der Waals surface area contributed by atoms with E-state index >= 15 is 0 Å². The molecular weight excluding hydrogens is 371 g/mol. The molecule has 8 heteroatoms. The Morgan fingerprint density at radius 1 is 1.04 bits per heavy atom. The van der Waals surface area contributed by atoms with Crippen LogP contribution in [0.25, 0.3) is 5.65 Å². The molecule has 146 valence electrons. The summed E-state index contributed by atoms with van der Waals surface area (Å²) in [7, 11) is 0. The standard InChI is InChI=1S/C20H18F3N3O2/c1-13-2-4-14(5-3-13)17(27)7-9-19(28)24-10-16-12-26-11-15(20(21,22)23)6-8-18(26)25-16/h2-6,8,11-12H,7,9-10H2,1H3,(H,24,28). The van der Waals surface area contributed by atoms with Crippen LogP contribution in [0.5, 0.6) is 0 Å². The molecule has 0 aliphatic carbocycles. The molecule has 0 saturated carbocycles. The third-order valence-corrected chi connectivity index (χ3v) is 4.25. The van der Waals surface area contributed by atoms with Crippen molar-refractivity contribution in [2.45, 2.75) is 32.5 Å². The molecule has 0 aliphatic heterocycles. The number of halogens is 3. The van der Waals surface area contributed by atoms with Crippen LogP contribution in [0.1, 0.15) is 40.0 Å². The predicted molar refractivity (Wildman–Crippen MR) is 96.8 cm³/mol. The van der Waals surface area contributed by atoms with Gasteiger partial charge in [-0.05, 0) is 19.1 Å². The van der Waals surface area contributed by atoms with Crippen LogP contribution in [0.2, 0.25) is 0 Å². The zero-order valence-electron chi connectivity index (χ0n) is 15.1. The number of aryl methyl sites for hydroxylation is 1. The number of alkyl halides is 3. The molecule has 0 unspecified atom stereocenters. The number of Topliss-reactive ketones (excluding diaryl/α,β-unsaturated/α-hetero) is 1. The second kappa shape index (κ2) is 7.84. The third kappa shape index (κ3) is 4.76. The van der Waals surface area contributed by atoms with Gasteiger partial charge in [-0.15, -0.1) is 0 Å². The second-order valence-corrected chi connectivity index (χ2v) is 6.48. The van der Waals surface area contributed by atoms with E-state index < -0.39 is 11.7 Å². The first-order valence-corrected chi connectivity index (χ1v) is 8.64. The molecule has 1 amide bonds. The van der Waals surface area contributed by atoms with Gasteiger partial charge in [-0.3, -0.25) is 9.59 Å². The number of carbonyl (C=O) groups excluding carboxylic acids is 2. The molecule has 0 saturated heterocycles. The molecule has 0 spiro atoms. The second-order valence-electron chi connectivity index (χ2n) is 6.48. The van der Waals surface area contributed by atoms with E-state index in [9.17, 15) is 22.8 Å². The Morgan fingerprint density at radius 2 is 1.75 bits per heavy atom. The number of imidazole rings is 1. The molecule has 2 heterocycles. The molecule has 5 nitrogen and oxygen atoms in total. The number of hydrogen-bond donors (Lipinski definition) is 1. The number of benzene rings is 1. The molecule has 0 aliphatic rings. The highest BCUT2D eigenvalue weighted by atomic mass is 19.4. The highest BCUT2D eigenvalue weighted by Crippen LogP contribution is 2.29. The number of aromatic nitrogens is 2. The Balaban J connectivity index is 1.54. The van der Waals surface area contributed by atoms with Crippen LogP contribution in [-0.2, 0) is 17.5 Å². The molecule has 0 radical (unpaired) electrons. The van der Waals surface area contributed by atoms with E-state index in [1.54, 1.807) is 12.1 Å². The van der Waals surface area contributed by atoms with Gasteiger partial charge in [0.25, 0.3) is 0 Å². The van der Waals surface area contributed by atoms with Crippen LogP contribution in [0.15, 0.2) is 48.8 Å². The number of amides is 1. The number of rotatable bonds is 6. The van der Waals surface area contributed by atoms with Gasteiger partial charge in [-0.1, -0.05) is 29.8 Å². The van der Waals surface area contributed by atoms with E-state index in [-0.39, 0.29) is 31.1 Å². The molecular formula is C20H18F3N3O2. The third-order valence-electron chi connectivity index (χ3n) is 4.25. The van der Waals surface area contributed by atoms with Crippen LogP contribution >= 0.6 is 0 Å². The normalized spacial score (nSPS) is 11.6. The minimum absolute atomic E-state index is 0.0261. The van der Waals surface area contributed by atoms with E-state index in [2.05, 4.69) is 10.3 Å². The number of ketones is 1. The summed E-state index contributed by atoms with van der Waals surface area (Å²) in [6.07, 6.45) is -1.94. The van der Waals surface area contributed by atoms with Crippen molar-refractivity contribution < 1.29 is 22.8 Å². The number of carbonyl (C=O) groups is 2. The molecule has 0 atom stereocenters. The van der Waals surface area contributed by atoms with Gasteiger partial charge in [0, 0.05) is 30.8 Å². The molecule has 3 rings (SSSR count). The van der Waals surface area contributed by atoms with Crippen molar-refractivity contribution in [3.05, 3.63) is 71.2 Å². The monoisotopic (exact) mass is 389 g/mol. The van der Waals surface area contributed by atoms with Gasteiger partial charge in [0.05, 0.1) is 17.8 Å². The first-order chi connectivity index (χ1) is 13.2. The largest absolute Gasteiger partial charge is 0.417 e. The fourth-order valence-electron chi connectivity index (χ4n) is 2.69. The zero-order valence-corrected chi connectivity index (χ0v) is 15.1. The Hall–Kier alpha value is -3.16. The average Bonchev–Trinajstić information content (AvgIpc) is 3.06. The van der Waals surface area contributed by atoms with Gasteiger partial charge in [0.1, 0.15) is 5.65 Å². The van der Waals surface area contributed by atoms with Crippen molar-refractivity contribution >= 4 is 17.3 Å². The fraction of sp³-hybridized carbons (Fsp3) is 0.250. The molecule has 0 fully saturated rings. The van der Waals surface area contributed by atoms with E-state index in [1.165, 1.54) is 16.7 Å². The minimum atomic E-state index is -4.43. The lowest BCUT2D eigenvalue weighted by Gasteiger charge is -2.05. The Bertz CT molecular complexity index is 1010. The number of hydrogen-bond acceptors (Lipinski definition) is 3. The maximum atomic E-state index is 12.8. The average molecular weight is 389 g/mol. The Kier molecular flexibility index (Phi) is 5.48. The van der Waals surface area contributed by atoms with Crippen LogP contribution in [0, 0.1) is 6.92 Å². The molecule has 0 bridgehead atoms. The van der Waals surface area contributed by atoms with Crippen LogP contribution in [-0.4, -0.2) is 21.1 Å². The van der Waals surface area contributed by atoms with Crippen molar-refractivity contribution in [2.75, 3.05) is 0 Å². The number of pyridine rings is 1. The van der Waals surface area contributed by atoms with Crippen LogP contribution < -0.4 is 5.32 Å². The summed E-state index contributed by atoms with van der Waals surface area (Å²) < 4.78 is 39.5. The maximum absolute atomic E-state index is 12.8. The lowest BCUT2D eigenvalue weighted by molar-refractivity contribution is -0.137. The highest BCUT2D eigenvalue weighted by molar-refractivity contribution is 5.97. The molecule has 3 aromatic rings. The van der Waals surface area contributed by atoms with Gasteiger partial charge in [0.2, 0.25) is 5.91 Å². The zero-order chi connectivity index (χ0) is 20.3. The van der Waals surface area contributed by atoms with Crippen molar-refractivity contribution in [2.24, 2.45) is 0 Å². The quantitative estimate of drug-likeness (QED) is 0.650. The summed E-state index contributed by atoms with van der Waals surface area (Å²) in [5.41, 5.74) is 1.61. The van der Waals surface area contributed by atoms with Gasteiger partial charge in [0.15, 0.2) is 5.78 Å². The summed E-state index contributed by atoms with van der Waals surface area (Å²) in [5.74, 6) is -0.448. The number of nitrogens with one attached hydrogen (secondary N) is 1. The fourth-order valence-corrected chi connectivity index (χ4v) is 2.69. The van der Waals surface area contributed by atoms with Crippen molar-refractivity contribution in [3.8, 4) is 0 Å². The van der Waals surface area contributed by atoms with Crippen molar-refractivity contribution in [1.82, 2.24) is 14.7 Å². The summed E-state index contributed by atoms with van der Waals surface area (Å²) in [6.45, 7) is 1.99. The Labute approximate surface area is 159 Å². The van der Waals surface area contributed by atoms with Crippen molar-refractivity contribution in [1.29, 1.82) is 0 Å². The topological polar surface area (TPSA) is 63.5 Å². The number of nitrogens with zero attached hydrogens (tertiary/aromatic N) is 2. The van der Waals surface area contributed by atoms with Crippen LogP contribution in [0.4, 0.5) is 13.2 Å². The Morgan fingerprint density at radius 3 is 2.43 bits per heavy atom. The minimum Gasteiger partial charge on any atom is -0.350 e. The van der Waals surface area contributed by atoms with E-state index in [0.29, 0.717) is 16.9 Å². The molecule has 1 aromatic carbocycles. The highest BCUT2D eigenvalue weighted by Gasteiger charge is 2.30. The van der Waals surface area contributed by atoms with Gasteiger partial charge < -0.3 is 9.72 Å². The number of fused-ring (bicyclic) bond motifs is 1. The van der Waals surface area contributed by atoms with Gasteiger partial charge >= 0.3 is 6.18 Å². The van der Waals surface area contributed by atoms with E-state index in [0.717, 1.165) is 17.8 Å². The lowest BCUT2D eigenvalue weighted by Crippen LogP contribution is -2.23. The molecule has 2 aromatic heterocycles.